The highest BCUT2D eigenvalue weighted by molar-refractivity contribution is 5.94. The Balaban J connectivity index is 2.34. The van der Waals surface area contributed by atoms with E-state index in [1.807, 2.05) is 6.07 Å². The van der Waals surface area contributed by atoms with Gasteiger partial charge in [-0.1, -0.05) is 18.2 Å². The maximum atomic E-state index is 13.8. The first-order valence-corrected chi connectivity index (χ1v) is 5.43. The second-order valence-corrected chi connectivity index (χ2v) is 4.07. The molecular formula is C12H15FN2O. The number of primary amides is 1. The fraction of sp³-hybridized carbons (Fsp3) is 0.417. The fourth-order valence-corrected chi connectivity index (χ4v) is 2.22. The van der Waals surface area contributed by atoms with Crippen molar-refractivity contribution < 1.29 is 9.18 Å². The predicted molar refractivity (Wildman–Crippen MR) is 60.1 cm³/mol. The van der Waals surface area contributed by atoms with E-state index in [1.54, 1.807) is 18.2 Å². The van der Waals surface area contributed by atoms with Crippen LogP contribution in [0.3, 0.4) is 0 Å². The molecule has 1 aromatic rings. The van der Waals surface area contributed by atoms with Crippen LogP contribution in [0, 0.1) is 0 Å². The Morgan fingerprint density at radius 2 is 2.19 bits per heavy atom. The molecule has 0 aliphatic carbocycles. The first-order chi connectivity index (χ1) is 7.70. The third kappa shape index (κ3) is 2.07. The zero-order chi connectivity index (χ0) is 11.5. The quantitative estimate of drug-likeness (QED) is 0.790. The molecule has 1 amide bonds. The van der Waals surface area contributed by atoms with Crippen molar-refractivity contribution in [2.75, 3.05) is 13.1 Å². The third-order valence-corrected chi connectivity index (χ3v) is 3.03. The van der Waals surface area contributed by atoms with Crippen molar-refractivity contribution in [3.8, 4) is 0 Å². The van der Waals surface area contributed by atoms with Gasteiger partial charge in [-0.3, -0.25) is 4.79 Å². The van der Waals surface area contributed by atoms with Gasteiger partial charge >= 0.3 is 0 Å². The fourth-order valence-electron chi connectivity index (χ4n) is 2.22. The molecule has 2 atom stereocenters. The summed E-state index contributed by atoms with van der Waals surface area (Å²) in [6.07, 6.45) is -0.250. The highest BCUT2D eigenvalue weighted by Gasteiger charge is 2.28. The number of carbonyl (C=O) groups excluding carboxylic acids is 1. The van der Waals surface area contributed by atoms with Crippen molar-refractivity contribution in [2.45, 2.75) is 18.5 Å². The van der Waals surface area contributed by atoms with Crippen LogP contribution >= 0.6 is 0 Å². The van der Waals surface area contributed by atoms with E-state index in [9.17, 15) is 9.18 Å². The van der Waals surface area contributed by atoms with Crippen LogP contribution in [0.5, 0.6) is 0 Å². The van der Waals surface area contributed by atoms with Crippen LogP contribution in [0.4, 0.5) is 4.39 Å². The summed E-state index contributed by atoms with van der Waals surface area (Å²) in [7, 11) is 0. The molecule has 1 fully saturated rings. The number of halogens is 1. The lowest BCUT2D eigenvalue weighted by molar-refractivity contribution is 0.0997. The van der Waals surface area contributed by atoms with Gasteiger partial charge < -0.3 is 11.1 Å². The van der Waals surface area contributed by atoms with Crippen molar-refractivity contribution in [3.63, 3.8) is 0 Å². The molecule has 86 valence electrons. The molecule has 2 unspecified atom stereocenters. The molecule has 1 aromatic carbocycles. The zero-order valence-corrected chi connectivity index (χ0v) is 8.95. The van der Waals surface area contributed by atoms with Crippen LogP contribution in [0.15, 0.2) is 24.3 Å². The van der Waals surface area contributed by atoms with Gasteiger partial charge in [-0.2, -0.15) is 0 Å². The van der Waals surface area contributed by atoms with Crippen molar-refractivity contribution in [3.05, 3.63) is 35.4 Å². The second kappa shape index (κ2) is 4.61. The Bertz CT molecular complexity index is 394. The molecule has 2 rings (SSSR count). The third-order valence-electron chi connectivity index (χ3n) is 3.03. The summed E-state index contributed by atoms with van der Waals surface area (Å²) < 4.78 is 13.8. The van der Waals surface area contributed by atoms with Crippen molar-refractivity contribution in [2.24, 2.45) is 5.73 Å². The lowest BCUT2D eigenvalue weighted by Gasteiger charge is -2.28. The Kier molecular flexibility index (Phi) is 3.19. The van der Waals surface area contributed by atoms with E-state index in [4.69, 9.17) is 5.73 Å². The minimum absolute atomic E-state index is 0.218. The summed E-state index contributed by atoms with van der Waals surface area (Å²) in [6.45, 7) is 1.12. The van der Waals surface area contributed by atoms with Gasteiger partial charge in [0.15, 0.2) is 0 Å². The van der Waals surface area contributed by atoms with Gasteiger partial charge in [-0.15, -0.1) is 0 Å². The van der Waals surface area contributed by atoms with Crippen LogP contribution in [-0.4, -0.2) is 25.2 Å². The number of amides is 1. The first-order valence-electron chi connectivity index (χ1n) is 5.43. The second-order valence-electron chi connectivity index (χ2n) is 4.07. The topological polar surface area (TPSA) is 55.1 Å². The molecular weight excluding hydrogens is 207 g/mol. The number of hydrogen-bond acceptors (Lipinski definition) is 2. The van der Waals surface area contributed by atoms with Crippen molar-refractivity contribution in [1.82, 2.24) is 5.32 Å². The van der Waals surface area contributed by atoms with E-state index in [2.05, 4.69) is 5.32 Å². The molecule has 1 aliphatic heterocycles. The van der Waals surface area contributed by atoms with Gasteiger partial charge in [0.25, 0.3) is 0 Å². The van der Waals surface area contributed by atoms with Crippen LogP contribution in [0.2, 0.25) is 0 Å². The highest BCUT2D eigenvalue weighted by Crippen LogP contribution is 2.29. The summed E-state index contributed by atoms with van der Waals surface area (Å²) in [4.78, 5) is 11.3. The number of piperidine rings is 1. The molecule has 3 nitrogen and oxygen atoms in total. The van der Waals surface area contributed by atoms with Crippen LogP contribution in [0.25, 0.3) is 0 Å². The number of carbonyl (C=O) groups is 1. The maximum absolute atomic E-state index is 13.8. The summed E-state index contributed by atoms with van der Waals surface area (Å²) in [5.41, 5.74) is 6.47. The molecule has 4 heteroatoms. The predicted octanol–water partition coefficient (Wildman–Crippen LogP) is 1.20. The van der Waals surface area contributed by atoms with Gasteiger partial charge in [0.05, 0.1) is 0 Å². The monoisotopic (exact) mass is 222 g/mol. The standard InChI is InChI=1S/C12H15FN2O/c13-11-7-15-6-5-9(11)8-3-1-2-4-10(8)12(14)16/h1-4,9,11,15H,5-7H2,(H2,14,16). The molecule has 0 radical (unpaired) electrons. The molecule has 1 heterocycles. The number of nitrogens with one attached hydrogen (secondary N) is 1. The Hall–Kier alpha value is -1.42. The molecule has 16 heavy (non-hydrogen) atoms. The summed E-state index contributed by atoms with van der Waals surface area (Å²) in [6, 6.07) is 7.02. The van der Waals surface area contributed by atoms with Crippen molar-refractivity contribution >= 4 is 5.91 Å². The number of nitrogens with two attached hydrogens (primary N) is 1. The average molecular weight is 222 g/mol. The van der Waals surface area contributed by atoms with Gasteiger partial charge in [0, 0.05) is 18.0 Å². The Morgan fingerprint density at radius 1 is 1.44 bits per heavy atom. The van der Waals surface area contributed by atoms with Gasteiger partial charge in [-0.25, -0.2) is 4.39 Å². The SMILES string of the molecule is NC(=O)c1ccccc1C1CCNCC1F. The molecule has 0 bridgehead atoms. The lowest BCUT2D eigenvalue weighted by atomic mass is 9.85. The van der Waals surface area contributed by atoms with E-state index in [-0.39, 0.29) is 5.92 Å². The van der Waals surface area contributed by atoms with Crippen LogP contribution in [-0.2, 0) is 0 Å². The Labute approximate surface area is 93.8 Å². The van der Waals surface area contributed by atoms with Crippen LogP contribution in [0.1, 0.15) is 28.3 Å². The minimum Gasteiger partial charge on any atom is -0.366 e. The van der Waals surface area contributed by atoms with Gasteiger partial charge in [0.2, 0.25) is 5.91 Å². The van der Waals surface area contributed by atoms with Crippen molar-refractivity contribution in [1.29, 1.82) is 0 Å². The summed E-state index contributed by atoms with van der Waals surface area (Å²) >= 11 is 0. The summed E-state index contributed by atoms with van der Waals surface area (Å²) in [5, 5.41) is 2.99. The largest absolute Gasteiger partial charge is 0.366 e. The first kappa shape index (κ1) is 11.1. The van der Waals surface area contributed by atoms with E-state index in [0.29, 0.717) is 18.5 Å². The molecule has 3 N–H and O–H groups in total. The zero-order valence-electron chi connectivity index (χ0n) is 8.95. The lowest BCUT2D eigenvalue weighted by Crippen LogP contribution is -2.37. The molecule has 1 saturated heterocycles. The average Bonchev–Trinajstić information content (AvgIpc) is 2.29. The van der Waals surface area contributed by atoms with Gasteiger partial charge in [0.1, 0.15) is 6.17 Å². The molecule has 0 saturated carbocycles. The number of hydrogen-bond donors (Lipinski definition) is 2. The van der Waals surface area contributed by atoms with E-state index >= 15 is 0 Å². The Morgan fingerprint density at radius 3 is 2.88 bits per heavy atom. The minimum atomic E-state index is -0.950. The normalized spacial score (nSPS) is 25.3. The van der Waals surface area contributed by atoms with E-state index in [0.717, 1.165) is 12.1 Å². The number of benzene rings is 1. The van der Waals surface area contributed by atoms with E-state index < -0.39 is 12.1 Å². The molecule has 0 spiro atoms. The smallest absolute Gasteiger partial charge is 0.248 e. The maximum Gasteiger partial charge on any atom is 0.248 e. The summed E-state index contributed by atoms with van der Waals surface area (Å²) in [5.74, 6) is -0.703. The molecule has 1 aliphatic rings. The highest BCUT2D eigenvalue weighted by atomic mass is 19.1. The molecule has 0 aromatic heterocycles. The van der Waals surface area contributed by atoms with Gasteiger partial charge in [-0.05, 0) is 24.6 Å². The number of alkyl halides is 1. The number of rotatable bonds is 2. The van der Waals surface area contributed by atoms with Crippen LogP contribution < -0.4 is 11.1 Å². The van der Waals surface area contributed by atoms with E-state index in [1.165, 1.54) is 0 Å².